The summed E-state index contributed by atoms with van der Waals surface area (Å²) in [6, 6.07) is 14.5. The van der Waals surface area contributed by atoms with E-state index >= 15 is 0 Å². The number of carbonyl (C=O) groups is 1. The quantitative estimate of drug-likeness (QED) is 0.778. The Kier molecular flexibility index (Phi) is 6.75. The monoisotopic (exact) mass is 420 g/mol. The number of nitrogens with zero attached hydrogens (tertiary/aromatic N) is 1. The van der Waals surface area contributed by atoms with E-state index in [1.165, 1.54) is 4.31 Å². The molecule has 1 fully saturated rings. The van der Waals surface area contributed by atoms with E-state index in [9.17, 15) is 13.2 Å². The molecule has 1 amide bonds. The fourth-order valence-corrected chi connectivity index (χ4v) is 5.07. The maximum Gasteiger partial charge on any atom is 0.243 e. The molecule has 0 aliphatic carbocycles. The van der Waals surface area contributed by atoms with Gasteiger partial charge in [0.2, 0.25) is 15.9 Å². The van der Waals surface area contributed by atoms with Gasteiger partial charge in [0.25, 0.3) is 0 Å². The minimum absolute atomic E-state index is 0.00517. The van der Waals surface area contributed by atoms with Crippen LogP contribution in [0, 0.1) is 12.8 Å². The van der Waals surface area contributed by atoms with Crippen LogP contribution in [-0.2, 0) is 21.2 Å². The molecule has 28 heavy (non-hydrogen) atoms. The molecule has 7 heteroatoms. The molecule has 1 aliphatic rings. The normalized spacial score (nSPS) is 16.1. The van der Waals surface area contributed by atoms with Crippen LogP contribution >= 0.6 is 11.6 Å². The van der Waals surface area contributed by atoms with Gasteiger partial charge in [-0.3, -0.25) is 4.79 Å². The summed E-state index contributed by atoms with van der Waals surface area (Å²) in [4.78, 5) is 12.7. The van der Waals surface area contributed by atoms with Gasteiger partial charge < -0.3 is 5.32 Å². The van der Waals surface area contributed by atoms with Crippen molar-refractivity contribution >= 4 is 27.5 Å². The van der Waals surface area contributed by atoms with Crippen LogP contribution in [-0.4, -0.2) is 38.3 Å². The van der Waals surface area contributed by atoms with Crippen LogP contribution in [0.2, 0.25) is 5.02 Å². The summed E-state index contributed by atoms with van der Waals surface area (Å²) in [5.74, 6) is -0.154. The van der Waals surface area contributed by atoms with Crippen molar-refractivity contribution in [1.29, 1.82) is 0 Å². The second-order valence-corrected chi connectivity index (χ2v) is 9.54. The van der Waals surface area contributed by atoms with Gasteiger partial charge in [-0.05, 0) is 56.0 Å². The van der Waals surface area contributed by atoms with Gasteiger partial charge in [-0.25, -0.2) is 8.42 Å². The lowest BCUT2D eigenvalue weighted by Crippen LogP contribution is -2.43. The molecule has 3 rings (SSSR count). The second kappa shape index (κ2) is 9.07. The zero-order chi connectivity index (χ0) is 20.1. The van der Waals surface area contributed by atoms with Gasteiger partial charge in [-0.2, -0.15) is 4.31 Å². The van der Waals surface area contributed by atoms with Gasteiger partial charge in [0.05, 0.1) is 4.90 Å². The third-order valence-electron chi connectivity index (χ3n) is 5.09. The Morgan fingerprint density at radius 1 is 1.14 bits per heavy atom. The van der Waals surface area contributed by atoms with E-state index in [1.54, 1.807) is 24.3 Å². The van der Waals surface area contributed by atoms with Gasteiger partial charge in [0.15, 0.2) is 0 Å². The third-order valence-corrected chi connectivity index (χ3v) is 7.23. The minimum atomic E-state index is -3.50. The number of piperidine rings is 1. The van der Waals surface area contributed by atoms with Gasteiger partial charge in [0.1, 0.15) is 0 Å². The van der Waals surface area contributed by atoms with E-state index in [2.05, 4.69) is 5.32 Å². The fraction of sp³-hybridized carbons (Fsp3) is 0.381. The molecular weight excluding hydrogens is 396 g/mol. The number of hydrogen-bond donors (Lipinski definition) is 1. The molecular formula is C21H25ClN2O3S. The summed E-state index contributed by atoms with van der Waals surface area (Å²) in [5, 5.41) is 3.65. The lowest BCUT2D eigenvalue weighted by molar-refractivity contribution is -0.126. The number of amides is 1. The number of rotatable bonds is 6. The minimum Gasteiger partial charge on any atom is -0.356 e. The van der Waals surface area contributed by atoms with Crippen LogP contribution in [0.15, 0.2) is 53.4 Å². The number of hydrogen-bond acceptors (Lipinski definition) is 3. The molecule has 0 unspecified atom stereocenters. The van der Waals surface area contributed by atoms with Crippen molar-refractivity contribution < 1.29 is 13.2 Å². The lowest BCUT2D eigenvalue weighted by Gasteiger charge is -2.30. The first-order chi connectivity index (χ1) is 13.4. The molecule has 2 aromatic rings. The molecule has 5 nitrogen and oxygen atoms in total. The molecule has 0 aromatic heterocycles. The standard InChI is InChI=1S/C21H25ClN2O3S/c1-16-5-7-20(8-6-16)28(26,27)24-13-10-18(11-14-24)21(25)23-12-9-17-3-2-4-19(22)15-17/h2-8,15,18H,9-14H2,1H3,(H,23,25). The number of nitrogens with one attached hydrogen (secondary N) is 1. The molecule has 150 valence electrons. The van der Waals surface area contributed by atoms with Crippen molar-refractivity contribution in [3.63, 3.8) is 0 Å². The topological polar surface area (TPSA) is 66.5 Å². The molecule has 0 saturated carbocycles. The molecule has 1 aliphatic heterocycles. The number of carbonyl (C=O) groups excluding carboxylic acids is 1. The van der Waals surface area contributed by atoms with Crippen LogP contribution in [0.1, 0.15) is 24.0 Å². The molecule has 0 atom stereocenters. The smallest absolute Gasteiger partial charge is 0.243 e. The van der Waals surface area contributed by atoms with Gasteiger partial charge in [0, 0.05) is 30.6 Å². The number of benzene rings is 2. The summed E-state index contributed by atoms with van der Waals surface area (Å²) in [7, 11) is -3.50. The Bertz CT molecular complexity index is 921. The maximum absolute atomic E-state index is 12.7. The molecule has 0 radical (unpaired) electrons. The van der Waals surface area contributed by atoms with E-state index in [1.807, 2.05) is 31.2 Å². The van der Waals surface area contributed by atoms with E-state index in [0.29, 0.717) is 48.8 Å². The highest BCUT2D eigenvalue weighted by Crippen LogP contribution is 2.24. The first kappa shape index (κ1) is 20.8. The van der Waals surface area contributed by atoms with E-state index in [4.69, 9.17) is 11.6 Å². The largest absolute Gasteiger partial charge is 0.356 e. The van der Waals surface area contributed by atoms with Crippen LogP contribution in [0.5, 0.6) is 0 Å². The highest BCUT2D eigenvalue weighted by Gasteiger charge is 2.31. The van der Waals surface area contributed by atoms with Crippen molar-refractivity contribution in [2.45, 2.75) is 31.1 Å². The second-order valence-electron chi connectivity index (χ2n) is 7.16. The Labute approximate surface area is 171 Å². The summed E-state index contributed by atoms with van der Waals surface area (Å²) in [6.45, 7) is 3.19. The first-order valence-electron chi connectivity index (χ1n) is 9.45. The van der Waals surface area contributed by atoms with Crippen LogP contribution in [0.4, 0.5) is 0 Å². The molecule has 2 aromatic carbocycles. The number of sulfonamides is 1. The predicted molar refractivity (Wildman–Crippen MR) is 111 cm³/mol. The zero-order valence-corrected chi connectivity index (χ0v) is 17.5. The summed E-state index contributed by atoms with van der Waals surface area (Å²) < 4.78 is 27.0. The summed E-state index contributed by atoms with van der Waals surface area (Å²) >= 11 is 5.97. The van der Waals surface area contributed by atoms with Crippen LogP contribution < -0.4 is 5.32 Å². The summed E-state index contributed by atoms with van der Waals surface area (Å²) in [6.07, 6.45) is 1.79. The number of aryl methyl sites for hydroxylation is 1. The maximum atomic E-state index is 12.7. The van der Waals surface area contributed by atoms with E-state index in [-0.39, 0.29) is 11.8 Å². The average molecular weight is 421 g/mol. The average Bonchev–Trinajstić information content (AvgIpc) is 2.68. The van der Waals surface area contributed by atoms with Crippen LogP contribution in [0.25, 0.3) is 0 Å². The first-order valence-corrected chi connectivity index (χ1v) is 11.3. The van der Waals surface area contributed by atoms with Gasteiger partial charge in [-0.15, -0.1) is 0 Å². The van der Waals surface area contributed by atoms with Crippen molar-refractivity contribution in [3.8, 4) is 0 Å². The Hall–Kier alpha value is -1.89. The van der Waals surface area contributed by atoms with Gasteiger partial charge >= 0.3 is 0 Å². The van der Waals surface area contributed by atoms with Gasteiger partial charge in [-0.1, -0.05) is 41.4 Å². The van der Waals surface area contributed by atoms with Crippen molar-refractivity contribution in [2.75, 3.05) is 19.6 Å². The molecule has 0 spiro atoms. The SMILES string of the molecule is Cc1ccc(S(=O)(=O)N2CCC(C(=O)NCCc3cccc(Cl)c3)CC2)cc1. The molecule has 1 heterocycles. The van der Waals surface area contributed by atoms with Crippen LogP contribution in [0.3, 0.4) is 0 Å². The Morgan fingerprint density at radius 2 is 1.82 bits per heavy atom. The molecule has 1 N–H and O–H groups in total. The highest BCUT2D eigenvalue weighted by molar-refractivity contribution is 7.89. The lowest BCUT2D eigenvalue weighted by atomic mass is 9.97. The van der Waals surface area contributed by atoms with Crippen molar-refractivity contribution in [2.24, 2.45) is 5.92 Å². The molecule has 1 saturated heterocycles. The predicted octanol–water partition coefficient (Wildman–Crippen LogP) is 3.41. The van der Waals surface area contributed by atoms with E-state index in [0.717, 1.165) is 11.1 Å². The summed E-state index contributed by atoms with van der Waals surface area (Å²) in [5.41, 5.74) is 2.10. The van der Waals surface area contributed by atoms with E-state index < -0.39 is 10.0 Å². The fourth-order valence-electron chi connectivity index (χ4n) is 3.38. The Balaban J connectivity index is 1.49. The number of halogens is 1. The Morgan fingerprint density at radius 3 is 2.46 bits per heavy atom. The van der Waals surface area contributed by atoms with Crippen molar-refractivity contribution in [3.05, 3.63) is 64.7 Å². The third kappa shape index (κ3) is 5.13. The zero-order valence-electron chi connectivity index (χ0n) is 15.9. The highest BCUT2D eigenvalue weighted by atomic mass is 35.5. The molecule has 0 bridgehead atoms. The van der Waals surface area contributed by atoms with Crippen molar-refractivity contribution in [1.82, 2.24) is 9.62 Å².